The van der Waals surface area contributed by atoms with Crippen molar-refractivity contribution in [3.63, 3.8) is 0 Å². The van der Waals surface area contributed by atoms with Crippen LogP contribution in [0.25, 0.3) is 11.0 Å². The van der Waals surface area contributed by atoms with Crippen LogP contribution in [0.4, 0.5) is 0 Å². The topological polar surface area (TPSA) is 29.9 Å². The highest BCUT2D eigenvalue weighted by Crippen LogP contribution is 2.40. The molecule has 0 saturated carbocycles. The summed E-state index contributed by atoms with van der Waals surface area (Å²) in [5.74, 6) is 1.19. The zero-order chi connectivity index (χ0) is 14.4. The third kappa shape index (κ3) is 2.05. The maximum atomic E-state index is 4.86. The smallest absolute Gasteiger partial charge is 0.111 e. The normalized spacial score (nSPS) is 23.6. The van der Waals surface area contributed by atoms with E-state index in [0.717, 1.165) is 18.5 Å². The van der Waals surface area contributed by atoms with Crippen molar-refractivity contribution < 1.29 is 0 Å². The van der Waals surface area contributed by atoms with Crippen LogP contribution in [-0.2, 0) is 13.5 Å². The molecule has 1 fully saturated rings. The maximum absolute atomic E-state index is 4.86. The lowest BCUT2D eigenvalue weighted by Crippen LogP contribution is -2.53. The van der Waals surface area contributed by atoms with E-state index in [0.29, 0.717) is 0 Å². The van der Waals surface area contributed by atoms with Gasteiger partial charge in [0.25, 0.3) is 0 Å². The molecule has 1 aliphatic heterocycles. The second kappa shape index (κ2) is 4.59. The average molecular weight is 271 g/mol. The van der Waals surface area contributed by atoms with Gasteiger partial charge in [-0.15, -0.1) is 0 Å². The van der Waals surface area contributed by atoms with E-state index in [4.69, 9.17) is 4.98 Å². The number of benzene rings is 1. The number of rotatable bonds is 2. The summed E-state index contributed by atoms with van der Waals surface area (Å²) in [4.78, 5) is 4.86. The van der Waals surface area contributed by atoms with Crippen molar-refractivity contribution in [1.29, 1.82) is 0 Å². The van der Waals surface area contributed by atoms with Crippen LogP contribution in [0.5, 0.6) is 0 Å². The van der Waals surface area contributed by atoms with Crippen LogP contribution in [-0.4, -0.2) is 21.6 Å². The van der Waals surface area contributed by atoms with Gasteiger partial charge >= 0.3 is 0 Å². The van der Waals surface area contributed by atoms with Gasteiger partial charge in [0, 0.05) is 19.0 Å². The van der Waals surface area contributed by atoms with Crippen molar-refractivity contribution in [2.45, 2.75) is 45.6 Å². The van der Waals surface area contributed by atoms with Gasteiger partial charge in [-0.1, -0.05) is 32.9 Å². The standard InChI is InChI=1S/C17H25N3/c1-16(2,3)17(10-7-11-18-17)12-15-19-13-8-5-6-9-14(13)20(15)4/h5-6,8-9,18H,7,10-12H2,1-4H3. The molecule has 2 heterocycles. The number of nitrogens with zero attached hydrogens (tertiary/aromatic N) is 2. The number of aromatic nitrogens is 2. The van der Waals surface area contributed by atoms with E-state index < -0.39 is 0 Å². The fraction of sp³-hybridized carbons (Fsp3) is 0.588. The van der Waals surface area contributed by atoms with Crippen molar-refractivity contribution >= 4 is 11.0 Å². The summed E-state index contributed by atoms with van der Waals surface area (Å²) >= 11 is 0. The van der Waals surface area contributed by atoms with E-state index in [1.807, 2.05) is 0 Å². The maximum Gasteiger partial charge on any atom is 0.111 e. The molecule has 2 aromatic rings. The van der Waals surface area contributed by atoms with Crippen LogP contribution >= 0.6 is 0 Å². The zero-order valence-corrected chi connectivity index (χ0v) is 13.0. The number of hydrogen-bond acceptors (Lipinski definition) is 2. The van der Waals surface area contributed by atoms with Crippen LogP contribution < -0.4 is 5.32 Å². The Morgan fingerprint density at radius 3 is 2.65 bits per heavy atom. The average Bonchev–Trinajstić information content (AvgIpc) is 2.97. The highest BCUT2D eigenvalue weighted by atomic mass is 15.1. The van der Waals surface area contributed by atoms with Gasteiger partial charge in [0.1, 0.15) is 5.82 Å². The van der Waals surface area contributed by atoms with Gasteiger partial charge in [-0.05, 0) is 36.9 Å². The summed E-state index contributed by atoms with van der Waals surface area (Å²) in [7, 11) is 2.13. The predicted molar refractivity (Wildman–Crippen MR) is 83.8 cm³/mol. The molecule has 1 aromatic carbocycles. The largest absolute Gasteiger partial charge is 0.331 e. The molecular formula is C17H25N3. The van der Waals surface area contributed by atoms with Gasteiger partial charge in [-0.2, -0.15) is 0 Å². The molecule has 3 rings (SSSR count). The van der Waals surface area contributed by atoms with Crippen LogP contribution in [0.2, 0.25) is 0 Å². The Labute approximate surface area is 121 Å². The predicted octanol–water partition coefficient (Wildman–Crippen LogP) is 3.28. The monoisotopic (exact) mass is 271 g/mol. The number of imidazole rings is 1. The number of aryl methyl sites for hydroxylation is 1. The van der Waals surface area contributed by atoms with Crippen molar-refractivity contribution in [1.82, 2.24) is 14.9 Å². The molecular weight excluding hydrogens is 246 g/mol. The number of fused-ring (bicyclic) bond motifs is 1. The lowest BCUT2D eigenvalue weighted by atomic mass is 9.70. The highest BCUT2D eigenvalue weighted by molar-refractivity contribution is 5.75. The zero-order valence-electron chi connectivity index (χ0n) is 13.0. The van der Waals surface area contributed by atoms with E-state index in [1.165, 1.54) is 24.2 Å². The molecule has 0 aliphatic carbocycles. The van der Waals surface area contributed by atoms with Gasteiger partial charge in [0.05, 0.1) is 11.0 Å². The molecule has 3 heteroatoms. The number of hydrogen-bond donors (Lipinski definition) is 1. The minimum Gasteiger partial charge on any atom is -0.331 e. The van der Waals surface area contributed by atoms with E-state index in [2.05, 4.69) is 62.0 Å². The lowest BCUT2D eigenvalue weighted by Gasteiger charge is -2.42. The van der Waals surface area contributed by atoms with Gasteiger partial charge in [-0.3, -0.25) is 0 Å². The van der Waals surface area contributed by atoms with Crippen LogP contribution in [0.15, 0.2) is 24.3 Å². The van der Waals surface area contributed by atoms with E-state index in [9.17, 15) is 0 Å². The third-order valence-electron chi connectivity index (χ3n) is 5.02. The first kappa shape index (κ1) is 13.6. The Morgan fingerprint density at radius 2 is 2.05 bits per heavy atom. The summed E-state index contributed by atoms with van der Waals surface area (Å²) in [6.45, 7) is 8.15. The summed E-state index contributed by atoms with van der Waals surface area (Å²) in [5.41, 5.74) is 2.74. The first-order valence-electron chi connectivity index (χ1n) is 7.58. The van der Waals surface area contributed by atoms with E-state index in [1.54, 1.807) is 0 Å². The summed E-state index contributed by atoms with van der Waals surface area (Å²) in [6, 6.07) is 8.40. The second-order valence-corrected chi connectivity index (χ2v) is 7.11. The summed E-state index contributed by atoms with van der Waals surface area (Å²) in [5, 5.41) is 3.78. The van der Waals surface area contributed by atoms with Crippen molar-refractivity contribution in [3.05, 3.63) is 30.1 Å². The van der Waals surface area contributed by atoms with E-state index in [-0.39, 0.29) is 11.0 Å². The molecule has 0 spiro atoms. The van der Waals surface area contributed by atoms with Crippen molar-refractivity contribution in [2.75, 3.05) is 6.54 Å². The Kier molecular flexibility index (Phi) is 3.13. The minimum absolute atomic E-state index is 0.169. The Bertz CT molecular complexity index is 613. The molecule has 0 bridgehead atoms. The molecule has 1 aromatic heterocycles. The second-order valence-electron chi connectivity index (χ2n) is 7.11. The Hall–Kier alpha value is -1.35. The fourth-order valence-corrected chi connectivity index (χ4v) is 3.49. The van der Waals surface area contributed by atoms with Crippen LogP contribution in [0, 0.1) is 5.41 Å². The molecule has 1 saturated heterocycles. The summed E-state index contributed by atoms with van der Waals surface area (Å²) in [6.07, 6.45) is 3.50. The van der Waals surface area contributed by atoms with Gasteiger partial charge in [-0.25, -0.2) is 4.98 Å². The molecule has 0 radical (unpaired) electrons. The summed E-state index contributed by atoms with van der Waals surface area (Å²) < 4.78 is 2.25. The molecule has 1 unspecified atom stereocenters. The van der Waals surface area contributed by atoms with Crippen LogP contribution in [0.1, 0.15) is 39.4 Å². The number of nitrogens with one attached hydrogen (secondary N) is 1. The highest BCUT2D eigenvalue weighted by Gasteiger charge is 2.44. The van der Waals surface area contributed by atoms with Gasteiger partial charge in [0.15, 0.2) is 0 Å². The molecule has 1 aliphatic rings. The van der Waals surface area contributed by atoms with Crippen molar-refractivity contribution in [2.24, 2.45) is 12.5 Å². The molecule has 20 heavy (non-hydrogen) atoms. The minimum atomic E-state index is 0.169. The molecule has 0 amide bonds. The van der Waals surface area contributed by atoms with Crippen LogP contribution in [0.3, 0.4) is 0 Å². The Morgan fingerprint density at radius 1 is 1.30 bits per heavy atom. The first-order chi connectivity index (χ1) is 9.43. The molecule has 3 nitrogen and oxygen atoms in total. The first-order valence-corrected chi connectivity index (χ1v) is 7.58. The third-order valence-corrected chi connectivity index (χ3v) is 5.02. The fourth-order valence-electron chi connectivity index (χ4n) is 3.49. The lowest BCUT2D eigenvalue weighted by molar-refractivity contribution is 0.156. The molecule has 1 N–H and O–H groups in total. The SMILES string of the molecule is Cn1c(CC2(C(C)(C)C)CCCN2)nc2ccccc21. The van der Waals surface area contributed by atoms with Gasteiger partial charge < -0.3 is 9.88 Å². The molecule has 108 valence electrons. The van der Waals surface area contributed by atoms with Gasteiger partial charge in [0.2, 0.25) is 0 Å². The number of para-hydroxylation sites is 2. The quantitative estimate of drug-likeness (QED) is 0.908. The molecule has 1 atom stereocenters. The van der Waals surface area contributed by atoms with Crippen molar-refractivity contribution in [3.8, 4) is 0 Å². The Balaban J connectivity index is 2.01. The van der Waals surface area contributed by atoms with E-state index >= 15 is 0 Å².